The number of nitrogens with zero attached hydrogens (tertiary/aromatic N) is 2. The number of aliphatic hydroxyl groups is 1. The molecule has 253 valence electrons. The number of hydrogen-bond acceptors (Lipinski definition) is 13. The smallest absolute Gasteiger partial charge is 0.872 e. The van der Waals surface area contributed by atoms with Gasteiger partial charge in [0.05, 0.1) is 29.3 Å². The topological polar surface area (TPSA) is 254 Å². The monoisotopic (exact) mass is 763 g/mol. The third-order valence-corrected chi connectivity index (χ3v) is 10.6. The summed E-state index contributed by atoms with van der Waals surface area (Å²) < 4.78 is 35.8. The van der Waals surface area contributed by atoms with Crippen molar-refractivity contribution in [3.63, 3.8) is 0 Å². The fourth-order valence-electron chi connectivity index (χ4n) is 5.93. The summed E-state index contributed by atoms with van der Waals surface area (Å²) in [6.45, 7) is -1.44. The van der Waals surface area contributed by atoms with Crippen molar-refractivity contribution in [1.82, 2.24) is 9.80 Å². The van der Waals surface area contributed by atoms with Gasteiger partial charge in [-0.05, 0) is 30.2 Å². The Morgan fingerprint density at radius 2 is 1.45 bits per heavy atom. The molecule has 1 heterocycles. The van der Waals surface area contributed by atoms with Crippen LogP contribution in [0, 0.1) is 12.8 Å². The second kappa shape index (κ2) is 19.4. The van der Waals surface area contributed by atoms with Gasteiger partial charge in [-0.25, -0.2) is 4.21 Å². The maximum atomic E-state index is 14.8. The zero-order valence-electron chi connectivity index (χ0n) is 29.3. The Labute approximate surface area is 382 Å². The van der Waals surface area contributed by atoms with Crippen molar-refractivity contribution in [3.8, 4) is 5.75 Å². The molecule has 51 heavy (non-hydrogen) atoms. The predicted octanol–water partition coefficient (Wildman–Crippen LogP) is -15.4. The number of fused-ring (bicyclic) bond motifs is 1. The van der Waals surface area contributed by atoms with E-state index < -0.39 is 99.9 Å². The molecule has 1 aliphatic heterocycles. The molecule has 4 rings (SSSR count). The van der Waals surface area contributed by atoms with Gasteiger partial charge in [-0.2, -0.15) is 0 Å². The van der Waals surface area contributed by atoms with E-state index >= 15 is 0 Å². The van der Waals surface area contributed by atoms with Gasteiger partial charge in [-0.3, -0.25) is 18.8 Å². The summed E-state index contributed by atoms with van der Waals surface area (Å²) in [5.41, 5.74) is -4.14. The second-order valence-corrected chi connectivity index (χ2v) is 14.5. The quantitative estimate of drug-likeness (QED) is 0.170. The van der Waals surface area contributed by atoms with Gasteiger partial charge >= 0.3 is 124 Å². The normalized spacial score (nSPS) is 23.1. The fourth-order valence-corrected chi connectivity index (χ4v) is 8.79. The van der Waals surface area contributed by atoms with Crippen LogP contribution in [0.5, 0.6) is 5.75 Å². The Bertz CT molecular complexity index is 1740. The molecular weight excluding hydrogens is 732 g/mol. The fraction of sp³-hybridized carbons (Fsp3) is 0.355. The van der Waals surface area contributed by atoms with Crippen LogP contribution in [0.1, 0.15) is 23.6 Å². The summed E-state index contributed by atoms with van der Waals surface area (Å²) >= 11 is 0. The minimum atomic E-state index is -6.02. The van der Waals surface area contributed by atoms with E-state index in [1.165, 1.54) is 61.5 Å². The molecule has 3 atom stereocenters. The molecule has 1 radical (unpaired) electrons. The van der Waals surface area contributed by atoms with Gasteiger partial charge in [0, 0.05) is 37.7 Å². The van der Waals surface area contributed by atoms with E-state index in [2.05, 4.69) is 0 Å². The van der Waals surface area contributed by atoms with Crippen LogP contribution in [-0.4, -0.2) is 92.3 Å². The van der Waals surface area contributed by atoms with E-state index in [0.717, 1.165) is 11.0 Å². The van der Waals surface area contributed by atoms with Gasteiger partial charge in [0.1, 0.15) is 11.5 Å². The molecule has 20 heteroatoms. The van der Waals surface area contributed by atoms with Crippen molar-refractivity contribution in [2.75, 3.05) is 38.6 Å². The number of carbonyl (C=O) groups is 4. The largest absolute Gasteiger partial charge is 1.00 e. The van der Waals surface area contributed by atoms with Crippen molar-refractivity contribution in [1.29, 1.82) is 0 Å². The zero-order chi connectivity index (χ0) is 35.0. The molecule has 0 amide bonds. The van der Waals surface area contributed by atoms with E-state index in [-0.39, 0.29) is 135 Å². The maximum absolute atomic E-state index is 14.8. The Hall–Kier alpha value is -0.450. The van der Waals surface area contributed by atoms with Crippen LogP contribution in [0.3, 0.4) is 0 Å². The molecule has 2 aromatic carbocycles. The summed E-state index contributed by atoms with van der Waals surface area (Å²) in [7, 11) is -6.02. The van der Waals surface area contributed by atoms with E-state index in [4.69, 9.17) is 4.18 Å². The molecule has 2 aromatic rings. The SMILES string of the molecule is Cc1ccc(C2(C3=CC(O)(CN(CC(=O)[O-])CC(=O)[O-])C(C)C=C3)OS([O])(=O)(CN(CC(=O)[O-])CC(=O)O)c3ccccc32)cc1[O-].[Na+].[Na+].[Na+].[Na+]. The summed E-state index contributed by atoms with van der Waals surface area (Å²) in [5.74, 6) is -9.14. The first-order valence-corrected chi connectivity index (χ1v) is 16.1. The van der Waals surface area contributed by atoms with Crippen molar-refractivity contribution in [2.24, 2.45) is 5.92 Å². The van der Waals surface area contributed by atoms with Crippen LogP contribution in [0.2, 0.25) is 0 Å². The molecular formula is C31H31N2Na4O13S. The number of sulfone groups is 1. The average molecular weight is 764 g/mol. The molecule has 15 nitrogen and oxygen atoms in total. The van der Waals surface area contributed by atoms with Crippen LogP contribution in [0.25, 0.3) is 0 Å². The summed E-state index contributed by atoms with van der Waals surface area (Å²) in [4.78, 5) is 46.8. The molecule has 0 saturated carbocycles. The summed E-state index contributed by atoms with van der Waals surface area (Å²) in [5, 5.41) is 68.5. The first-order valence-electron chi connectivity index (χ1n) is 14.2. The Kier molecular flexibility index (Phi) is 19.2. The Balaban J connectivity index is 0.00000625. The Morgan fingerprint density at radius 3 is 1.98 bits per heavy atom. The van der Waals surface area contributed by atoms with E-state index in [0.29, 0.717) is 10.5 Å². The number of carbonyl (C=O) groups excluding carboxylic acids is 3. The molecule has 2 aliphatic rings. The zero-order valence-corrected chi connectivity index (χ0v) is 38.1. The molecule has 0 bridgehead atoms. The van der Waals surface area contributed by atoms with Crippen molar-refractivity contribution in [2.45, 2.75) is 29.9 Å². The number of rotatable bonds is 14. The molecule has 0 aromatic heterocycles. The molecule has 0 saturated heterocycles. The molecule has 3 unspecified atom stereocenters. The van der Waals surface area contributed by atoms with Crippen LogP contribution in [0.15, 0.2) is 71.2 Å². The number of benzene rings is 2. The number of aliphatic carboxylic acids is 4. The van der Waals surface area contributed by atoms with Gasteiger partial charge in [0.15, 0.2) is 15.2 Å². The number of carboxylic acids is 4. The minimum absolute atomic E-state index is 0. The van der Waals surface area contributed by atoms with Crippen molar-refractivity contribution >= 4 is 33.5 Å². The minimum Gasteiger partial charge on any atom is -0.872 e. The third kappa shape index (κ3) is 11.3. The average Bonchev–Trinajstić information content (AvgIpc) is 3.15. The van der Waals surface area contributed by atoms with Crippen LogP contribution in [-0.2, 0) is 43.1 Å². The van der Waals surface area contributed by atoms with Crippen molar-refractivity contribution in [3.05, 3.63) is 83.0 Å². The van der Waals surface area contributed by atoms with E-state index in [1.54, 1.807) is 6.92 Å². The van der Waals surface area contributed by atoms with E-state index in [9.17, 15) is 58.6 Å². The van der Waals surface area contributed by atoms with Gasteiger partial charge in [-0.1, -0.05) is 61.0 Å². The molecule has 0 spiro atoms. The predicted molar refractivity (Wildman–Crippen MR) is 153 cm³/mol. The number of carboxylic acid groups (broad SMARTS) is 4. The Morgan fingerprint density at radius 1 is 0.902 bits per heavy atom. The van der Waals surface area contributed by atoms with Crippen molar-refractivity contribution < 1.29 is 181 Å². The third-order valence-electron chi connectivity index (χ3n) is 8.04. The molecule has 1 aliphatic carbocycles. The van der Waals surface area contributed by atoms with Crippen LogP contribution >= 0.6 is 0 Å². The standard InChI is InChI=1S/C31H35N2O13S.4Na/c1-19-7-9-21(11-24(19)34)31(22-10-8-20(2)30(43,12-22)17-32(13-26(35)36)14-27(37)38)23-5-3-4-6-25(23)47(44,45,46-31)18-33(15-28(39)40)16-29(41)42;;;;/h3-12,20,34,43H,13-18H2,1-2H3,(H,35,36)(H,37,38)(H,39,40)(H,41,42);;;;/q;4*+1/p-4. The van der Waals surface area contributed by atoms with Gasteiger partial charge in [0.25, 0.3) is 0 Å². The molecule has 0 fully saturated rings. The van der Waals surface area contributed by atoms with E-state index in [1.807, 2.05) is 0 Å². The maximum Gasteiger partial charge on any atom is 1.00 e. The first-order chi connectivity index (χ1) is 21.8. The summed E-state index contributed by atoms with van der Waals surface area (Å²) in [6.07, 6.45) is 4.07. The van der Waals surface area contributed by atoms with Gasteiger partial charge < -0.3 is 45.0 Å². The van der Waals surface area contributed by atoms with Gasteiger partial charge in [-0.15, -0.1) is 10.3 Å². The second-order valence-electron chi connectivity index (χ2n) is 11.7. The molecule has 2 N–H and O–H groups in total. The number of aryl methyl sites for hydroxylation is 1. The number of hydrogen-bond donors (Lipinski definition) is 2. The summed E-state index contributed by atoms with van der Waals surface area (Å²) in [6, 6.07) is 9.36. The van der Waals surface area contributed by atoms with Gasteiger partial charge in [0.2, 0.25) is 0 Å². The first kappa shape index (κ1) is 50.5. The van der Waals surface area contributed by atoms with Crippen LogP contribution in [0.4, 0.5) is 0 Å². The van der Waals surface area contributed by atoms with Crippen LogP contribution < -0.4 is 139 Å².